The van der Waals surface area contributed by atoms with Gasteiger partial charge in [-0.3, -0.25) is 10.8 Å². The van der Waals surface area contributed by atoms with E-state index in [2.05, 4.69) is 50.5 Å². The number of benzene rings is 1. The summed E-state index contributed by atoms with van der Waals surface area (Å²) in [4.78, 5) is 4.72. The summed E-state index contributed by atoms with van der Waals surface area (Å²) >= 11 is 0. The Hall–Kier alpha value is -1.61. The van der Waals surface area contributed by atoms with Gasteiger partial charge in [-0.1, -0.05) is 25.5 Å². The molecule has 0 saturated heterocycles. The van der Waals surface area contributed by atoms with E-state index in [9.17, 15) is 0 Å². The molecular weight excluding hydrogens is 210 g/mol. The standard InChI is InChI=1S/C14H19N3/c1-4-10(3)14-13(17-15)8-11-7-9(2)5-6-12(11)16-14/h5-8,10,17H,4,15H2,1-3H3. The van der Waals surface area contributed by atoms with Gasteiger partial charge in [0.25, 0.3) is 0 Å². The third kappa shape index (κ3) is 2.24. The summed E-state index contributed by atoms with van der Waals surface area (Å²) in [5.74, 6) is 5.99. The maximum Gasteiger partial charge on any atom is 0.0710 e. The molecule has 3 N–H and O–H groups in total. The number of nitrogens with zero attached hydrogens (tertiary/aromatic N) is 1. The second kappa shape index (κ2) is 4.72. The molecule has 90 valence electrons. The number of hydrazine groups is 1. The Bertz CT molecular complexity index is 534. The van der Waals surface area contributed by atoms with Crippen molar-refractivity contribution in [1.82, 2.24) is 4.98 Å². The number of nitrogen functional groups attached to an aromatic ring is 1. The maximum atomic E-state index is 5.58. The Labute approximate surface area is 102 Å². The summed E-state index contributed by atoms with van der Waals surface area (Å²) < 4.78 is 0. The van der Waals surface area contributed by atoms with E-state index < -0.39 is 0 Å². The van der Waals surface area contributed by atoms with E-state index in [1.807, 2.05) is 0 Å². The summed E-state index contributed by atoms with van der Waals surface area (Å²) in [7, 11) is 0. The molecule has 0 spiro atoms. The van der Waals surface area contributed by atoms with Gasteiger partial charge in [-0.25, -0.2) is 0 Å². The highest BCUT2D eigenvalue weighted by Gasteiger charge is 2.11. The van der Waals surface area contributed by atoms with E-state index in [0.29, 0.717) is 5.92 Å². The molecule has 0 fully saturated rings. The van der Waals surface area contributed by atoms with Crippen molar-refractivity contribution in [2.24, 2.45) is 5.84 Å². The molecule has 2 aromatic rings. The number of anilines is 1. The zero-order valence-corrected chi connectivity index (χ0v) is 10.6. The molecule has 0 saturated carbocycles. The van der Waals surface area contributed by atoms with Gasteiger partial charge in [-0.05, 0) is 31.5 Å². The molecule has 0 aliphatic heterocycles. The molecule has 0 radical (unpaired) electrons. The smallest absolute Gasteiger partial charge is 0.0710 e. The van der Waals surface area contributed by atoms with E-state index >= 15 is 0 Å². The van der Waals surface area contributed by atoms with Crippen LogP contribution in [0, 0.1) is 6.92 Å². The summed E-state index contributed by atoms with van der Waals surface area (Å²) in [6, 6.07) is 8.36. The molecule has 3 heteroatoms. The topological polar surface area (TPSA) is 50.9 Å². The largest absolute Gasteiger partial charge is 0.322 e. The van der Waals surface area contributed by atoms with E-state index in [4.69, 9.17) is 10.8 Å². The Morgan fingerprint density at radius 1 is 1.35 bits per heavy atom. The average Bonchev–Trinajstić information content (AvgIpc) is 2.36. The van der Waals surface area contributed by atoms with Crippen molar-refractivity contribution in [3.8, 4) is 0 Å². The van der Waals surface area contributed by atoms with E-state index in [-0.39, 0.29) is 0 Å². The third-order valence-electron chi connectivity index (χ3n) is 3.23. The molecule has 2 rings (SSSR count). The fraction of sp³-hybridized carbons (Fsp3) is 0.357. The van der Waals surface area contributed by atoms with Gasteiger partial charge in [0.15, 0.2) is 0 Å². The Morgan fingerprint density at radius 2 is 2.12 bits per heavy atom. The number of pyridine rings is 1. The van der Waals surface area contributed by atoms with Crippen LogP contribution in [-0.4, -0.2) is 4.98 Å². The monoisotopic (exact) mass is 229 g/mol. The van der Waals surface area contributed by atoms with Crippen LogP contribution < -0.4 is 11.3 Å². The molecule has 1 atom stereocenters. The molecular formula is C14H19N3. The number of aryl methyl sites for hydroxylation is 1. The van der Waals surface area contributed by atoms with Crippen molar-refractivity contribution < 1.29 is 0 Å². The van der Waals surface area contributed by atoms with Crippen LogP contribution in [0.15, 0.2) is 24.3 Å². The Morgan fingerprint density at radius 3 is 2.76 bits per heavy atom. The highest BCUT2D eigenvalue weighted by molar-refractivity contribution is 5.83. The summed E-state index contributed by atoms with van der Waals surface area (Å²) in [6.45, 7) is 6.41. The van der Waals surface area contributed by atoms with Gasteiger partial charge in [0.1, 0.15) is 0 Å². The Balaban J connectivity index is 2.64. The van der Waals surface area contributed by atoms with Crippen LogP contribution in [0.4, 0.5) is 5.69 Å². The van der Waals surface area contributed by atoms with Crippen LogP contribution in [0.3, 0.4) is 0 Å². The quantitative estimate of drug-likeness (QED) is 0.627. The summed E-state index contributed by atoms with van der Waals surface area (Å²) in [5.41, 5.74) is 7.00. The SMILES string of the molecule is CCC(C)c1nc2ccc(C)cc2cc1NN. The van der Waals surface area contributed by atoms with E-state index in [1.54, 1.807) is 0 Å². The number of aromatic nitrogens is 1. The van der Waals surface area contributed by atoms with Crippen molar-refractivity contribution in [3.63, 3.8) is 0 Å². The van der Waals surface area contributed by atoms with Gasteiger partial charge >= 0.3 is 0 Å². The molecule has 1 aromatic heterocycles. The van der Waals surface area contributed by atoms with Crippen LogP contribution in [0.2, 0.25) is 0 Å². The number of hydrogen-bond acceptors (Lipinski definition) is 3. The number of rotatable bonds is 3. The lowest BCUT2D eigenvalue weighted by Crippen LogP contribution is -2.11. The highest BCUT2D eigenvalue weighted by atomic mass is 15.2. The molecule has 0 aliphatic carbocycles. The maximum absolute atomic E-state index is 5.58. The lowest BCUT2D eigenvalue weighted by atomic mass is 10.0. The molecule has 3 nitrogen and oxygen atoms in total. The first kappa shape index (κ1) is 11.9. The van der Waals surface area contributed by atoms with Crippen molar-refractivity contribution in [3.05, 3.63) is 35.5 Å². The first-order valence-electron chi connectivity index (χ1n) is 6.03. The molecule has 17 heavy (non-hydrogen) atoms. The summed E-state index contributed by atoms with van der Waals surface area (Å²) in [6.07, 6.45) is 1.05. The van der Waals surface area contributed by atoms with Crippen LogP contribution in [0.5, 0.6) is 0 Å². The fourth-order valence-corrected chi connectivity index (χ4v) is 2.00. The number of hydrogen-bond donors (Lipinski definition) is 2. The minimum absolute atomic E-state index is 0.409. The molecule has 1 heterocycles. The predicted molar refractivity (Wildman–Crippen MR) is 73.0 cm³/mol. The van der Waals surface area contributed by atoms with Gasteiger partial charge in [-0.2, -0.15) is 0 Å². The average molecular weight is 229 g/mol. The van der Waals surface area contributed by atoms with Gasteiger partial charge in [0.05, 0.1) is 16.9 Å². The predicted octanol–water partition coefficient (Wildman–Crippen LogP) is 3.34. The van der Waals surface area contributed by atoms with Crippen molar-refractivity contribution in [1.29, 1.82) is 0 Å². The van der Waals surface area contributed by atoms with Crippen LogP contribution in [0.1, 0.15) is 37.4 Å². The van der Waals surface area contributed by atoms with Gasteiger partial charge < -0.3 is 5.43 Å². The van der Waals surface area contributed by atoms with Crippen LogP contribution in [0.25, 0.3) is 10.9 Å². The number of nitrogens with one attached hydrogen (secondary N) is 1. The minimum Gasteiger partial charge on any atom is -0.322 e. The number of fused-ring (bicyclic) bond motifs is 1. The molecule has 0 amide bonds. The first-order valence-corrected chi connectivity index (χ1v) is 6.03. The number of nitrogens with two attached hydrogens (primary N) is 1. The summed E-state index contributed by atoms with van der Waals surface area (Å²) in [5, 5.41) is 1.13. The van der Waals surface area contributed by atoms with Crippen LogP contribution in [-0.2, 0) is 0 Å². The van der Waals surface area contributed by atoms with Crippen molar-refractivity contribution in [2.45, 2.75) is 33.1 Å². The lowest BCUT2D eigenvalue weighted by Gasteiger charge is -2.14. The zero-order chi connectivity index (χ0) is 12.4. The molecule has 0 aliphatic rings. The molecule has 1 aromatic carbocycles. The first-order chi connectivity index (χ1) is 8.15. The van der Waals surface area contributed by atoms with Gasteiger partial charge in [0, 0.05) is 11.3 Å². The normalized spacial score (nSPS) is 12.7. The minimum atomic E-state index is 0.409. The Kier molecular flexibility index (Phi) is 3.29. The van der Waals surface area contributed by atoms with Crippen LogP contribution >= 0.6 is 0 Å². The molecule has 0 bridgehead atoms. The lowest BCUT2D eigenvalue weighted by molar-refractivity contribution is 0.713. The second-order valence-corrected chi connectivity index (χ2v) is 4.57. The fourth-order valence-electron chi connectivity index (χ4n) is 2.00. The van der Waals surface area contributed by atoms with E-state index in [0.717, 1.165) is 28.7 Å². The third-order valence-corrected chi connectivity index (χ3v) is 3.23. The van der Waals surface area contributed by atoms with Crippen molar-refractivity contribution in [2.75, 3.05) is 5.43 Å². The van der Waals surface area contributed by atoms with Gasteiger partial charge in [-0.15, -0.1) is 0 Å². The van der Waals surface area contributed by atoms with Crippen molar-refractivity contribution >= 4 is 16.6 Å². The second-order valence-electron chi connectivity index (χ2n) is 4.57. The van der Waals surface area contributed by atoms with Gasteiger partial charge in [0.2, 0.25) is 0 Å². The van der Waals surface area contributed by atoms with E-state index in [1.165, 1.54) is 5.56 Å². The zero-order valence-electron chi connectivity index (χ0n) is 10.6. The molecule has 1 unspecified atom stereocenters. The highest BCUT2D eigenvalue weighted by Crippen LogP contribution is 2.28.